The number of nitrogens with one attached hydrogen (secondary N) is 2. The van der Waals surface area contributed by atoms with E-state index < -0.39 is 22.4 Å². The number of carbonyl (C=O) groups excluding carboxylic acids is 1. The Labute approximate surface area is 150 Å². The lowest BCUT2D eigenvalue weighted by molar-refractivity contribution is -0.384. The number of hydrogen-bond acceptors (Lipinski definition) is 5. The third-order valence-corrected chi connectivity index (χ3v) is 3.93. The molecular formula is C16H14F3N3O3S. The molecule has 0 fully saturated rings. The summed E-state index contributed by atoms with van der Waals surface area (Å²) < 4.78 is 37.9. The molecule has 0 aliphatic carbocycles. The van der Waals surface area contributed by atoms with Crippen LogP contribution in [0.1, 0.15) is 11.1 Å². The van der Waals surface area contributed by atoms with Gasteiger partial charge in [0.25, 0.3) is 5.69 Å². The number of hydrogen-bond donors (Lipinski definition) is 2. The summed E-state index contributed by atoms with van der Waals surface area (Å²) in [6, 6.07) is 4.08. The predicted molar refractivity (Wildman–Crippen MR) is 93.0 cm³/mol. The topological polar surface area (TPSA) is 84.3 Å². The Morgan fingerprint density at radius 1 is 1.27 bits per heavy atom. The van der Waals surface area contributed by atoms with Crippen molar-refractivity contribution in [2.75, 3.05) is 18.4 Å². The standard InChI is InChI=1S/C16H14F3N3O3S/c17-16(18,19)12-2-3-13(14(9-12)22(24)25)20-6-7-21-15(23)4-1-11-5-8-26-10-11/h1-5,8-10,20H,6-7H2,(H,21,23)/b4-1+. The average Bonchev–Trinajstić information content (AvgIpc) is 3.09. The van der Waals surface area contributed by atoms with Crippen molar-refractivity contribution in [3.63, 3.8) is 0 Å². The first-order valence-electron chi connectivity index (χ1n) is 7.35. The Hall–Kier alpha value is -2.88. The van der Waals surface area contributed by atoms with Gasteiger partial charge in [-0.2, -0.15) is 24.5 Å². The molecular weight excluding hydrogens is 371 g/mol. The second kappa shape index (κ2) is 8.48. The molecule has 1 heterocycles. The van der Waals surface area contributed by atoms with Gasteiger partial charge in [0.1, 0.15) is 5.69 Å². The molecule has 1 aromatic heterocycles. The predicted octanol–water partition coefficient (Wildman–Crippen LogP) is 3.92. The molecule has 0 atom stereocenters. The molecule has 2 rings (SSSR count). The fraction of sp³-hybridized carbons (Fsp3) is 0.188. The molecule has 0 bridgehead atoms. The van der Waals surface area contributed by atoms with Gasteiger partial charge in [-0.15, -0.1) is 0 Å². The molecule has 2 aromatic rings. The highest BCUT2D eigenvalue weighted by Gasteiger charge is 2.32. The average molecular weight is 385 g/mol. The third kappa shape index (κ3) is 5.59. The van der Waals surface area contributed by atoms with Crippen LogP contribution in [0.3, 0.4) is 0 Å². The minimum atomic E-state index is -4.66. The summed E-state index contributed by atoms with van der Waals surface area (Å²) in [5.74, 6) is -0.347. The maximum Gasteiger partial charge on any atom is 0.416 e. The number of alkyl halides is 3. The van der Waals surface area contributed by atoms with E-state index in [0.29, 0.717) is 6.07 Å². The second-order valence-electron chi connectivity index (χ2n) is 5.09. The van der Waals surface area contributed by atoms with Crippen molar-refractivity contribution in [3.05, 3.63) is 62.3 Å². The van der Waals surface area contributed by atoms with Crippen molar-refractivity contribution >= 4 is 34.7 Å². The van der Waals surface area contributed by atoms with Crippen LogP contribution in [0.25, 0.3) is 6.08 Å². The van der Waals surface area contributed by atoms with E-state index in [2.05, 4.69) is 10.6 Å². The molecule has 26 heavy (non-hydrogen) atoms. The van der Waals surface area contributed by atoms with Crippen molar-refractivity contribution < 1.29 is 22.9 Å². The van der Waals surface area contributed by atoms with Crippen LogP contribution in [0, 0.1) is 10.1 Å². The molecule has 0 saturated carbocycles. The lowest BCUT2D eigenvalue weighted by Crippen LogP contribution is -2.27. The fourth-order valence-corrected chi connectivity index (χ4v) is 2.62. The van der Waals surface area contributed by atoms with Crippen molar-refractivity contribution in [1.82, 2.24) is 5.32 Å². The minimum absolute atomic E-state index is 0.0499. The molecule has 10 heteroatoms. The number of thiophene rings is 1. The number of anilines is 1. The van der Waals surface area contributed by atoms with E-state index in [9.17, 15) is 28.1 Å². The highest BCUT2D eigenvalue weighted by Crippen LogP contribution is 2.34. The quantitative estimate of drug-likeness (QED) is 0.328. The second-order valence-corrected chi connectivity index (χ2v) is 5.87. The highest BCUT2D eigenvalue weighted by molar-refractivity contribution is 7.08. The monoisotopic (exact) mass is 385 g/mol. The zero-order valence-electron chi connectivity index (χ0n) is 13.2. The van der Waals surface area contributed by atoms with Crippen molar-refractivity contribution in [1.29, 1.82) is 0 Å². The number of rotatable bonds is 7. The Kier molecular flexibility index (Phi) is 6.34. The van der Waals surface area contributed by atoms with Crippen molar-refractivity contribution in [3.8, 4) is 0 Å². The number of benzene rings is 1. The van der Waals surface area contributed by atoms with E-state index >= 15 is 0 Å². The van der Waals surface area contributed by atoms with E-state index in [1.54, 1.807) is 6.08 Å². The van der Waals surface area contributed by atoms with Gasteiger partial charge in [0.2, 0.25) is 5.91 Å². The third-order valence-electron chi connectivity index (χ3n) is 3.23. The van der Waals surface area contributed by atoms with Gasteiger partial charge in [0.15, 0.2) is 0 Å². The first-order chi connectivity index (χ1) is 12.3. The van der Waals surface area contributed by atoms with Crippen LogP contribution < -0.4 is 10.6 Å². The maximum absolute atomic E-state index is 12.6. The molecule has 138 valence electrons. The molecule has 0 spiro atoms. The van der Waals surface area contributed by atoms with E-state index in [0.717, 1.165) is 17.7 Å². The Balaban J connectivity index is 1.89. The van der Waals surface area contributed by atoms with Crippen LogP contribution in [-0.2, 0) is 11.0 Å². The first kappa shape index (κ1) is 19.4. The number of amides is 1. The number of nitro groups is 1. The normalized spacial score (nSPS) is 11.5. The zero-order chi connectivity index (χ0) is 19.2. The van der Waals surface area contributed by atoms with E-state index in [-0.39, 0.29) is 24.7 Å². The Morgan fingerprint density at radius 2 is 2.04 bits per heavy atom. The van der Waals surface area contributed by atoms with Crippen LogP contribution in [-0.4, -0.2) is 23.9 Å². The van der Waals surface area contributed by atoms with E-state index in [4.69, 9.17) is 0 Å². The van der Waals surface area contributed by atoms with E-state index in [1.165, 1.54) is 17.4 Å². The number of carbonyl (C=O) groups is 1. The van der Waals surface area contributed by atoms with Crippen molar-refractivity contribution in [2.24, 2.45) is 0 Å². The molecule has 6 nitrogen and oxygen atoms in total. The van der Waals surface area contributed by atoms with Gasteiger partial charge in [-0.05, 0) is 40.6 Å². The summed E-state index contributed by atoms with van der Waals surface area (Å²) >= 11 is 1.50. The van der Waals surface area contributed by atoms with Gasteiger partial charge in [0.05, 0.1) is 10.5 Å². The van der Waals surface area contributed by atoms with Gasteiger partial charge >= 0.3 is 6.18 Å². The Bertz CT molecular complexity index is 805. The lowest BCUT2D eigenvalue weighted by Gasteiger charge is -2.10. The Morgan fingerprint density at radius 3 is 2.65 bits per heavy atom. The molecule has 0 unspecified atom stereocenters. The number of nitrogens with zero attached hydrogens (tertiary/aromatic N) is 1. The summed E-state index contributed by atoms with van der Waals surface area (Å²) in [7, 11) is 0. The summed E-state index contributed by atoms with van der Waals surface area (Å²) in [6.45, 7) is 0.259. The van der Waals surface area contributed by atoms with Gasteiger partial charge in [-0.3, -0.25) is 14.9 Å². The van der Waals surface area contributed by atoms with Crippen LogP contribution in [0.5, 0.6) is 0 Å². The van der Waals surface area contributed by atoms with Crippen LogP contribution in [0.15, 0.2) is 41.1 Å². The largest absolute Gasteiger partial charge is 0.416 e. The smallest absolute Gasteiger partial charge is 0.378 e. The molecule has 0 radical (unpaired) electrons. The summed E-state index contributed by atoms with van der Waals surface area (Å²) in [4.78, 5) is 21.7. The zero-order valence-corrected chi connectivity index (χ0v) is 14.1. The lowest BCUT2D eigenvalue weighted by atomic mass is 10.1. The number of nitro benzene ring substituents is 1. The summed E-state index contributed by atoms with van der Waals surface area (Å²) in [5.41, 5.74) is -0.931. The van der Waals surface area contributed by atoms with Crippen LogP contribution in [0.4, 0.5) is 24.5 Å². The van der Waals surface area contributed by atoms with Gasteiger partial charge in [-0.25, -0.2) is 0 Å². The van der Waals surface area contributed by atoms with Crippen LogP contribution in [0.2, 0.25) is 0 Å². The molecule has 1 aromatic carbocycles. The summed E-state index contributed by atoms with van der Waals surface area (Å²) in [6.07, 6.45) is -1.67. The van der Waals surface area contributed by atoms with Gasteiger partial charge < -0.3 is 10.6 Å². The highest BCUT2D eigenvalue weighted by atomic mass is 32.1. The molecule has 1 amide bonds. The van der Waals surface area contributed by atoms with Gasteiger partial charge in [-0.1, -0.05) is 0 Å². The first-order valence-corrected chi connectivity index (χ1v) is 8.29. The fourth-order valence-electron chi connectivity index (χ4n) is 1.99. The minimum Gasteiger partial charge on any atom is -0.378 e. The molecule has 0 saturated heterocycles. The molecule has 2 N–H and O–H groups in total. The SMILES string of the molecule is O=C(/C=C/c1ccsc1)NCCNc1ccc(C(F)(F)F)cc1[N+](=O)[O-]. The van der Waals surface area contributed by atoms with E-state index in [1.807, 2.05) is 16.8 Å². The van der Waals surface area contributed by atoms with Crippen molar-refractivity contribution in [2.45, 2.75) is 6.18 Å². The number of halogens is 3. The van der Waals surface area contributed by atoms with Gasteiger partial charge in [0, 0.05) is 25.2 Å². The van der Waals surface area contributed by atoms with Crippen LogP contribution >= 0.6 is 11.3 Å². The summed E-state index contributed by atoms with van der Waals surface area (Å²) in [5, 5.41) is 19.9. The maximum atomic E-state index is 12.6. The molecule has 0 aliphatic heterocycles. The molecule has 0 aliphatic rings.